The lowest BCUT2D eigenvalue weighted by atomic mass is 9.91. The standard InChI is InChI=1S/C13H15F3N4O/c14-13(15,16)11-8-10-12(17-4-5-20(10)18-11)19(6-7-21)9-2-1-3-9/h4-5,8-9,21H,1-3,6-7H2. The monoisotopic (exact) mass is 300 g/mol. The lowest BCUT2D eigenvalue weighted by Gasteiger charge is -2.38. The summed E-state index contributed by atoms with van der Waals surface area (Å²) in [5.74, 6) is 0.444. The third-order valence-corrected chi connectivity index (χ3v) is 3.79. The van der Waals surface area contributed by atoms with Crippen LogP contribution in [0, 0.1) is 0 Å². The number of halogens is 3. The molecule has 0 radical (unpaired) electrons. The van der Waals surface area contributed by atoms with Gasteiger partial charge in [0.15, 0.2) is 11.5 Å². The molecule has 21 heavy (non-hydrogen) atoms. The maximum Gasteiger partial charge on any atom is 0.435 e. The minimum absolute atomic E-state index is 0.0699. The van der Waals surface area contributed by atoms with Crippen molar-refractivity contribution in [1.82, 2.24) is 14.6 Å². The Hall–Kier alpha value is -1.83. The maximum atomic E-state index is 12.8. The van der Waals surface area contributed by atoms with Crippen LogP contribution in [-0.2, 0) is 6.18 Å². The molecule has 2 aromatic rings. The first-order valence-corrected chi connectivity index (χ1v) is 6.80. The second kappa shape index (κ2) is 5.18. The molecular formula is C13H15F3N4O. The Morgan fingerprint density at radius 1 is 1.38 bits per heavy atom. The van der Waals surface area contributed by atoms with Gasteiger partial charge in [-0.15, -0.1) is 0 Å². The summed E-state index contributed by atoms with van der Waals surface area (Å²) in [5, 5.41) is 12.8. The molecule has 2 heterocycles. The van der Waals surface area contributed by atoms with Gasteiger partial charge in [-0.05, 0) is 19.3 Å². The smallest absolute Gasteiger partial charge is 0.395 e. The molecule has 2 aromatic heterocycles. The lowest BCUT2D eigenvalue weighted by Crippen LogP contribution is -2.42. The lowest BCUT2D eigenvalue weighted by molar-refractivity contribution is -0.141. The number of alkyl halides is 3. The molecule has 1 N–H and O–H groups in total. The van der Waals surface area contributed by atoms with Crippen LogP contribution < -0.4 is 4.90 Å². The van der Waals surface area contributed by atoms with Crippen molar-refractivity contribution in [3.8, 4) is 0 Å². The van der Waals surface area contributed by atoms with Crippen molar-refractivity contribution in [2.24, 2.45) is 0 Å². The van der Waals surface area contributed by atoms with E-state index in [2.05, 4.69) is 10.1 Å². The molecule has 8 heteroatoms. The van der Waals surface area contributed by atoms with E-state index in [1.54, 1.807) is 0 Å². The van der Waals surface area contributed by atoms with Crippen molar-refractivity contribution in [1.29, 1.82) is 0 Å². The van der Waals surface area contributed by atoms with Gasteiger partial charge < -0.3 is 10.0 Å². The van der Waals surface area contributed by atoms with Crippen LogP contribution in [0.25, 0.3) is 5.52 Å². The average molecular weight is 300 g/mol. The Kier molecular flexibility index (Phi) is 3.48. The third kappa shape index (κ3) is 2.55. The minimum atomic E-state index is -4.48. The topological polar surface area (TPSA) is 53.7 Å². The normalized spacial score (nSPS) is 16.2. The summed E-state index contributed by atoms with van der Waals surface area (Å²) in [6, 6.07) is 1.23. The van der Waals surface area contributed by atoms with Crippen LogP contribution in [0.2, 0.25) is 0 Å². The molecule has 1 aliphatic rings. The summed E-state index contributed by atoms with van der Waals surface area (Å²) in [5.41, 5.74) is -0.625. The summed E-state index contributed by atoms with van der Waals surface area (Å²) < 4.78 is 39.6. The van der Waals surface area contributed by atoms with E-state index in [0.29, 0.717) is 17.9 Å². The second-order valence-electron chi connectivity index (χ2n) is 5.11. The molecule has 114 valence electrons. The number of nitrogens with zero attached hydrogens (tertiary/aromatic N) is 4. The molecule has 1 fully saturated rings. The molecule has 0 aliphatic heterocycles. The van der Waals surface area contributed by atoms with Gasteiger partial charge in [-0.25, -0.2) is 9.50 Å². The fraction of sp³-hybridized carbons (Fsp3) is 0.538. The highest BCUT2D eigenvalue weighted by Crippen LogP contribution is 2.33. The molecule has 0 bridgehead atoms. The summed E-state index contributed by atoms with van der Waals surface area (Å²) in [6.07, 6.45) is 1.35. The fourth-order valence-electron chi connectivity index (χ4n) is 2.54. The van der Waals surface area contributed by atoms with Gasteiger partial charge in [0.05, 0.1) is 6.61 Å². The number of aliphatic hydroxyl groups excluding tert-OH is 1. The summed E-state index contributed by atoms with van der Waals surface area (Å²) >= 11 is 0. The number of fused-ring (bicyclic) bond motifs is 1. The van der Waals surface area contributed by atoms with E-state index in [9.17, 15) is 18.3 Å². The highest BCUT2D eigenvalue weighted by molar-refractivity contribution is 5.69. The summed E-state index contributed by atoms with van der Waals surface area (Å²) in [4.78, 5) is 6.09. The quantitative estimate of drug-likeness (QED) is 0.939. The molecule has 3 rings (SSSR count). The Labute approximate surface area is 119 Å². The Bertz CT molecular complexity index is 636. The van der Waals surface area contributed by atoms with Crippen molar-refractivity contribution in [3.63, 3.8) is 0 Å². The molecule has 0 atom stereocenters. The van der Waals surface area contributed by atoms with E-state index in [1.807, 2.05) is 4.90 Å². The molecule has 0 spiro atoms. The van der Waals surface area contributed by atoms with E-state index >= 15 is 0 Å². The number of hydrogen-bond donors (Lipinski definition) is 1. The van der Waals surface area contributed by atoms with Crippen LogP contribution in [-0.4, -0.2) is 38.9 Å². The first-order chi connectivity index (χ1) is 10.0. The van der Waals surface area contributed by atoms with E-state index in [4.69, 9.17) is 0 Å². The average Bonchev–Trinajstić information content (AvgIpc) is 2.79. The molecule has 0 unspecified atom stereocenters. The SMILES string of the molecule is OCCN(c1nccn2nc(C(F)(F)F)cc12)C1CCC1. The van der Waals surface area contributed by atoms with Gasteiger partial charge in [0, 0.05) is 31.0 Å². The van der Waals surface area contributed by atoms with Crippen LogP contribution in [0.1, 0.15) is 25.0 Å². The third-order valence-electron chi connectivity index (χ3n) is 3.79. The van der Waals surface area contributed by atoms with Crippen molar-refractivity contribution in [2.75, 3.05) is 18.1 Å². The summed E-state index contributed by atoms with van der Waals surface area (Å²) in [6.45, 7) is 0.281. The molecule has 0 saturated heterocycles. The predicted octanol–water partition coefficient (Wildman–Crippen LogP) is 2.10. The minimum Gasteiger partial charge on any atom is -0.395 e. The van der Waals surface area contributed by atoms with Crippen LogP contribution in [0.5, 0.6) is 0 Å². The van der Waals surface area contributed by atoms with Gasteiger partial charge >= 0.3 is 6.18 Å². The van der Waals surface area contributed by atoms with Gasteiger partial charge in [-0.3, -0.25) is 0 Å². The van der Waals surface area contributed by atoms with Crippen LogP contribution >= 0.6 is 0 Å². The Balaban J connectivity index is 2.06. The van der Waals surface area contributed by atoms with Gasteiger partial charge in [-0.2, -0.15) is 18.3 Å². The van der Waals surface area contributed by atoms with Crippen molar-refractivity contribution >= 4 is 11.3 Å². The van der Waals surface area contributed by atoms with Gasteiger partial charge in [0.25, 0.3) is 0 Å². The van der Waals surface area contributed by atoms with Crippen LogP contribution in [0.3, 0.4) is 0 Å². The highest BCUT2D eigenvalue weighted by atomic mass is 19.4. The highest BCUT2D eigenvalue weighted by Gasteiger charge is 2.35. The van der Waals surface area contributed by atoms with Crippen LogP contribution in [0.15, 0.2) is 18.5 Å². The second-order valence-corrected chi connectivity index (χ2v) is 5.11. The number of anilines is 1. The molecule has 0 aromatic carbocycles. The Morgan fingerprint density at radius 2 is 2.14 bits per heavy atom. The number of rotatable bonds is 4. The first-order valence-electron chi connectivity index (χ1n) is 6.80. The molecule has 0 amide bonds. The van der Waals surface area contributed by atoms with E-state index in [0.717, 1.165) is 25.3 Å². The largest absolute Gasteiger partial charge is 0.435 e. The zero-order valence-electron chi connectivity index (χ0n) is 11.2. The zero-order chi connectivity index (χ0) is 15.0. The van der Waals surface area contributed by atoms with E-state index < -0.39 is 11.9 Å². The maximum absolute atomic E-state index is 12.8. The van der Waals surface area contributed by atoms with Gasteiger partial charge in [0.1, 0.15) is 5.52 Å². The Morgan fingerprint density at radius 3 is 2.71 bits per heavy atom. The summed E-state index contributed by atoms with van der Waals surface area (Å²) in [7, 11) is 0. The van der Waals surface area contributed by atoms with Gasteiger partial charge in [0.2, 0.25) is 0 Å². The van der Waals surface area contributed by atoms with Crippen molar-refractivity contribution < 1.29 is 18.3 Å². The molecule has 1 aliphatic carbocycles. The van der Waals surface area contributed by atoms with E-state index in [-0.39, 0.29) is 12.6 Å². The van der Waals surface area contributed by atoms with Crippen LogP contribution in [0.4, 0.5) is 19.0 Å². The van der Waals surface area contributed by atoms with Gasteiger partial charge in [-0.1, -0.05) is 0 Å². The molecule has 5 nitrogen and oxygen atoms in total. The fourth-order valence-corrected chi connectivity index (χ4v) is 2.54. The number of aromatic nitrogens is 3. The number of aliphatic hydroxyl groups is 1. The van der Waals surface area contributed by atoms with E-state index in [1.165, 1.54) is 16.9 Å². The number of hydrogen-bond acceptors (Lipinski definition) is 4. The molecular weight excluding hydrogens is 285 g/mol. The van der Waals surface area contributed by atoms with Crippen molar-refractivity contribution in [3.05, 3.63) is 24.2 Å². The predicted molar refractivity (Wildman–Crippen MR) is 70.1 cm³/mol. The van der Waals surface area contributed by atoms with Crippen molar-refractivity contribution in [2.45, 2.75) is 31.5 Å². The zero-order valence-corrected chi connectivity index (χ0v) is 11.2. The first kappa shape index (κ1) is 14.1. The molecule has 1 saturated carbocycles.